The van der Waals surface area contributed by atoms with Crippen LogP contribution in [0.25, 0.3) is 98.8 Å². The molecule has 0 aliphatic rings. The summed E-state index contributed by atoms with van der Waals surface area (Å²) in [6.07, 6.45) is 0. The van der Waals surface area contributed by atoms with Crippen LogP contribution in [0.4, 0.5) is 17.1 Å². The largest absolute Gasteiger partial charge is 0.455 e. The van der Waals surface area contributed by atoms with Crippen molar-refractivity contribution in [3.8, 4) is 44.5 Å². The van der Waals surface area contributed by atoms with Gasteiger partial charge < -0.3 is 9.32 Å². The van der Waals surface area contributed by atoms with E-state index in [1.54, 1.807) is 0 Å². The average Bonchev–Trinajstić information content (AvgIpc) is 3.74. The standard InChI is InChI=1S/C60H39NO/c1-2-15-42(16-3-1)51-36-33-47(46-29-28-40-14-4-5-19-45(40)38-46)39-57(51)61(48-34-30-44(31-35-48)50-24-12-20-41-17-6-8-21-49(41)50)56-26-11-10-23-53(56)54-25-13-27-58-59(54)55-37-32-43-18-7-9-22-52(43)60(55)62-58/h1-39H. The van der Waals surface area contributed by atoms with E-state index in [1.807, 2.05) is 0 Å². The van der Waals surface area contributed by atoms with Crippen LogP contribution in [-0.4, -0.2) is 0 Å². The van der Waals surface area contributed by atoms with Crippen molar-refractivity contribution in [2.45, 2.75) is 0 Å². The van der Waals surface area contributed by atoms with Gasteiger partial charge in [-0.05, 0) is 103 Å². The quantitative estimate of drug-likeness (QED) is 0.160. The summed E-state index contributed by atoms with van der Waals surface area (Å²) in [5, 5.41) is 9.43. The van der Waals surface area contributed by atoms with Gasteiger partial charge in [-0.15, -0.1) is 0 Å². The Bertz CT molecular complexity index is 3630. The number of nitrogens with zero attached hydrogens (tertiary/aromatic N) is 1. The third kappa shape index (κ3) is 6.04. The first-order valence-corrected chi connectivity index (χ1v) is 21.2. The predicted molar refractivity (Wildman–Crippen MR) is 263 cm³/mol. The van der Waals surface area contributed by atoms with E-state index in [4.69, 9.17) is 4.42 Å². The highest BCUT2D eigenvalue weighted by Crippen LogP contribution is 2.49. The number of rotatable bonds is 7. The van der Waals surface area contributed by atoms with Crippen molar-refractivity contribution in [3.63, 3.8) is 0 Å². The minimum Gasteiger partial charge on any atom is -0.455 e. The summed E-state index contributed by atoms with van der Waals surface area (Å²) in [7, 11) is 0. The molecule has 12 rings (SSSR count). The van der Waals surface area contributed by atoms with E-state index in [-0.39, 0.29) is 0 Å². The highest BCUT2D eigenvalue weighted by atomic mass is 16.3. The highest BCUT2D eigenvalue weighted by Gasteiger charge is 2.24. The number of para-hydroxylation sites is 1. The first kappa shape index (κ1) is 35.7. The Morgan fingerprint density at radius 1 is 0.290 bits per heavy atom. The summed E-state index contributed by atoms with van der Waals surface area (Å²) < 4.78 is 6.74. The normalized spacial score (nSPS) is 11.5. The van der Waals surface area contributed by atoms with Crippen molar-refractivity contribution >= 4 is 71.3 Å². The van der Waals surface area contributed by atoms with Gasteiger partial charge >= 0.3 is 0 Å². The molecule has 0 bridgehead atoms. The highest BCUT2D eigenvalue weighted by molar-refractivity contribution is 6.20. The molecule has 290 valence electrons. The zero-order valence-electron chi connectivity index (χ0n) is 33.9. The SMILES string of the molecule is c1ccc(-c2ccc(-c3ccc4ccccc4c3)cc2N(c2ccc(-c3cccc4ccccc34)cc2)c2ccccc2-c2cccc3oc4c5ccccc5ccc4c23)cc1. The van der Waals surface area contributed by atoms with Crippen LogP contribution in [0.5, 0.6) is 0 Å². The molecule has 0 unspecified atom stereocenters. The number of hydrogen-bond acceptors (Lipinski definition) is 2. The van der Waals surface area contributed by atoms with Gasteiger partial charge in [-0.25, -0.2) is 0 Å². The molecule has 12 aromatic rings. The number of benzene rings is 11. The lowest BCUT2D eigenvalue weighted by Crippen LogP contribution is -2.12. The van der Waals surface area contributed by atoms with E-state index in [0.29, 0.717) is 0 Å². The maximum atomic E-state index is 6.74. The lowest BCUT2D eigenvalue weighted by atomic mass is 9.93. The van der Waals surface area contributed by atoms with Gasteiger partial charge in [-0.2, -0.15) is 0 Å². The fraction of sp³-hybridized carbons (Fsp3) is 0. The Kier molecular flexibility index (Phi) is 8.53. The topological polar surface area (TPSA) is 16.4 Å². The maximum absolute atomic E-state index is 6.74. The van der Waals surface area contributed by atoms with Crippen LogP contribution in [-0.2, 0) is 0 Å². The minimum atomic E-state index is 0.873. The number of anilines is 3. The number of furan rings is 1. The van der Waals surface area contributed by atoms with Crippen LogP contribution >= 0.6 is 0 Å². The molecular formula is C60H39NO. The van der Waals surface area contributed by atoms with Crippen LogP contribution in [0.2, 0.25) is 0 Å². The van der Waals surface area contributed by atoms with Crippen molar-refractivity contribution in [2.24, 2.45) is 0 Å². The fourth-order valence-electron chi connectivity index (χ4n) is 9.48. The molecule has 0 saturated heterocycles. The van der Waals surface area contributed by atoms with E-state index in [2.05, 4.69) is 241 Å². The molecule has 0 atom stereocenters. The number of hydrogen-bond donors (Lipinski definition) is 0. The van der Waals surface area contributed by atoms with Crippen molar-refractivity contribution in [1.29, 1.82) is 0 Å². The molecule has 0 N–H and O–H groups in total. The summed E-state index contributed by atoms with van der Waals surface area (Å²) in [5.41, 5.74) is 14.2. The minimum absolute atomic E-state index is 0.873. The van der Waals surface area contributed by atoms with E-state index < -0.39 is 0 Å². The molecule has 0 radical (unpaired) electrons. The summed E-state index contributed by atoms with van der Waals surface area (Å²) in [5.74, 6) is 0. The van der Waals surface area contributed by atoms with Crippen LogP contribution in [0.3, 0.4) is 0 Å². The van der Waals surface area contributed by atoms with E-state index in [1.165, 1.54) is 43.6 Å². The average molecular weight is 790 g/mol. The molecule has 62 heavy (non-hydrogen) atoms. The molecule has 2 nitrogen and oxygen atoms in total. The Balaban J connectivity index is 1.12. The van der Waals surface area contributed by atoms with Gasteiger partial charge in [0, 0.05) is 33.0 Å². The molecular weight excluding hydrogens is 751 g/mol. The van der Waals surface area contributed by atoms with Gasteiger partial charge in [0.15, 0.2) is 0 Å². The van der Waals surface area contributed by atoms with Crippen LogP contribution in [0.15, 0.2) is 241 Å². The van der Waals surface area contributed by atoms with Gasteiger partial charge in [0.05, 0.1) is 11.4 Å². The summed E-state index contributed by atoms with van der Waals surface area (Å²) in [6, 6.07) is 85.6. The lowest BCUT2D eigenvalue weighted by molar-refractivity contribution is 0.673. The molecule has 0 aliphatic heterocycles. The molecule has 0 saturated carbocycles. The van der Waals surface area contributed by atoms with Gasteiger partial charge in [0.25, 0.3) is 0 Å². The van der Waals surface area contributed by atoms with E-state index in [0.717, 1.165) is 72.2 Å². The van der Waals surface area contributed by atoms with Gasteiger partial charge in [-0.1, -0.05) is 194 Å². The first-order valence-electron chi connectivity index (χ1n) is 21.2. The molecule has 0 aliphatic carbocycles. The molecule has 0 fully saturated rings. The van der Waals surface area contributed by atoms with Gasteiger partial charge in [-0.3, -0.25) is 0 Å². The Morgan fingerprint density at radius 2 is 0.871 bits per heavy atom. The Hall–Kier alpha value is -8.20. The van der Waals surface area contributed by atoms with Crippen LogP contribution in [0.1, 0.15) is 0 Å². The first-order chi connectivity index (χ1) is 30.7. The molecule has 11 aromatic carbocycles. The number of fused-ring (bicyclic) bond motifs is 7. The summed E-state index contributed by atoms with van der Waals surface area (Å²) in [4.78, 5) is 2.46. The van der Waals surface area contributed by atoms with Crippen LogP contribution < -0.4 is 4.90 Å². The van der Waals surface area contributed by atoms with Crippen molar-refractivity contribution in [2.75, 3.05) is 4.90 Å². The van der Waals surface area contributed by atoms with Gasteiger partial charge in [0.1, 0.15) is 11.2 Å². The smallest absolute Gasteiger partial charge is 0.143 e. The zero-order chi connectivity index (χ0) is 41.0. The molecule has 1 heterocycles. The fourth-order valence-corrected chi connectivity index (χ4v) is 9.48. The molecule has 2 heteroatoms. The predicted octanol–water partition coefficient (Wildman–Crippen LogP) is 17.2. The van der Waals surface area contributed by atoms with E-state index >= 15 is 0 Å². The molecule has 1 aromatic heterocycles. The van der Waals surface area contributed by atoms with Crippen LogP contribution in [0, 0.1) is 0 Å². The zero-order valence-corrected chi connectivity index (χ0v) is 33.9. The molecule has 0 spiro atoms. The lowest BCUT2D eigenvalue weighted by Gasteiger charge is -2.31. The molecule has 0 amide bonds. The van der Waals surface area contributed by atoms with Crippen molar-refractivity contribution in [1.82, 2.24) is 0 Å². The van der Waals surface area contributed by atoms with Crippen molar-refractivity contribution < 1.29 is 4.42 Å². The van der Waals surface area contributed by atoms with Crippen molar-refractivity contribution in [3.05, 3.63) is 237 Å². The third-order valence-corrected chi connectivity index (χ3v) is 12.5. The Labute approximate surface area is 360 Å². The second kappa shape index (κ2) is 14.8. The third-order valence-electron chi connectivity index (χ3n) is 12.5. The maximum Gasteiger partial charge on any atom is 0.143 e. The second-order valence-electron chi connectivity index (χ2n) is 16.0. The van der Waals surface area contributed by atoms with Gasteiger partial charge in [0.2, 0.25) is 0 Å². The summed E-state index contributed by atoms with van der Waals surface area (Å²) in [6.45, 7) is 0. The second-order valence-corrected chi connectivity index (χ2v) is 16.0. The Morgan fingerprint density at radius 3 is 1.73 bits per heavy atom. The monoisotopic (exact) mass is 789 g/mol. The van der Waals surface area contributed by atoms with E-state index in [9.17, 15) is 0 Å². The summed E-state index contributed by atoms with van der Waals surface area (Å²) >= 11 is 0.